The van der Waals surface area contributed by atoms with Crippen molar-refractivity contribution in [2.75, 3.05) is 0 Å². The fourth-order valence-electron chi connectivity index (χ4n) is 6.09. The molecule has 0 nitrogen and oxygen atoms in total. The quantitative estimate of drug-likeness (QED) is 0.166. The van der Waals surface area contributed by atoms with E-state index in [1.165, 1.54) is 71.6 Å². The maximum absolute atomic E-state index is 3.67. The van der Waals surface area contributed by atoms with Gasteiger partial charge in [0.25, 0.3) is 0 Å². The maximum atomic E-state index is 3.67. The third-order valence-electron chi connectivity index (χ3n) is 8.44. The van der Waals surface area contributed by atoms with Gasteiger partial charge in [-0.25, -0.2) is 0 Å². The minimum Gasteiger partial charge on any atom is -1.00 e. The number of rotatable bonds is 1. The van der Waals surface area contributed by atoms with Gasteiger partial charge in [0, 0.05) is 0 Å². The van der Waals surface area contributed by atoms with Crippen LogP contribution in [-0.4, -0.2) is 0 Å². The van der Waals surface area contributed by atoms with E-state index in [9.17, 15) is 0 Å². The summed E-state index contributed by atoms with van der Waals surface area (Å²) < 4.78 is 0. The van der Waals surface area contributed by atoms with Gasteiger partial charge in [-0.3, -0.25) is 0 Å². The molecule has 7 rings (SSSR count). The zero-order chi connectivity index (χ0) is 28.9. The Balaban J connectivity index is 0.000000225. The van der Waals surface area contributed by atoms with Crippen molar-refractivity contribution in [3.8, 4) is 22.3 Å². The van der Waals surface area contributed by atoms with Gasteiger partial charge >= 0.3 is 21.7 Å². The van der Waals surface area contributed by atoms with E-state index in [0.29, 0.717) is 0 Å². The van der Waals surface area contributed by atoms with E-state index in [0.717, 1.165) is 6.42 Å². The Labute approximate surface area is 291 Å². The van der Waals surface area contributed by atoms with Crippen molar-refractivity contribution in [3.05, 3.63) is 137 Å². The van der Waals surface area contributed by atoms with Crippen molar-refractivity contribution >= 4 is 21.5 Å². The Morgan fingerprint density at radius 3 is 1.98 bits per heavy atom. The average molecular weight is 652 g/mol. The second kappa shape index (κ2) is 13.7. The summed E-state index contributed by atoms with van der Waals surface area (Å²) in [6.45, 7) is 15.8. The zero-order valence-corrected chi connectivity index (χ0v) is 29.9. The van der Waals surface area contributed by atoms with Gasteiger partial charge in [0.15, 0.2) is 0 Å². The van der Waals surface area contributed by atoms with Crippen LogP contribution in [0.3, 0.4) is 0 Å². The first-order chi connectivity index (χ1) is 19.5. The molecule has 6 aromatic rings. The molecule has 1 aliphatic carbocycles. The first kappa shape index (κ1) is 35.7. The normalized spacial score (nSPS) is 11.8. The SMILES string of the molecule is CC(C)(C)c1[c-]c2c(cc1)-c1cc(C(C)(C)C)ccc1C2.Cc1cc2cccc(-c3cccc4ccccc34)c2[cH-]1.[Cl-].[Cl-].[Ti+4]. The number of hydrogen-bond acceptors (Lipinski definition) is 0. The van der Waals surface area contributed by atoms with Crippen LogP contribution in [0.2, 0.25) is 0 Å². The van der Waals surface area contributed by atoms with Gasteiger partial charge < -0.3 is 24.8 Å². The van der Waals surface area contributed by atoms with Crippen molar-refractivity contribution < 1.29 is 46.5 Å². The molecule has 1 aliphatic rings. The van der Waals surface area contributed by atoms with Gasteiger partial charge in [-0.2, -0.15) is 29.8 Å². The zero-order valence-electron chi connectivity index (χ0n) is 26.8. The molecule has 6 aromatic carbocycles. The van der Waals surface area contributed by atoms with Crippen LogP contribution in [0, 0.1) is 13.0 Å². The number of hydrogen-bond donors (Lipinski definition) is 0. The Morgan fingerprint density at radius 1 is 0.614 bits per heavy atom. The predicted octanol–water partition coefficient (Wildman–Crippen LogP) is 5.35. The molecule has 0 spiro atoms. The molecular weight excluding hydrogens is 611 g/mol. The Bertz CT molecular complexity index is 1890. The minimum absolute atomic E-state index is 0. The van der Waals surface area contributed by atoms with Gasteiger partial charge in [0.2, 0.25) is 0 Å². The van der Waals surface area contributed by atoms with Crippen molar-refractivity contribution in [3.63, 3.8) is 0 Å². The van der Waals surface area contributed by atoms with E-state index in [1.54, 1.807) is 0 Å². The predicted molar refractivity (Wildman–Crippen MR) is 178 cm³/mol. The van der Waals surface area contributed by atoms with E-state index in [2.05, 4.69) is 158 Å². The van der Waals surface area contributed by atoms with Crippen LogP contribution in [0.4, 0.5) is 0 Å². The molecule has 0 aromatic heterocycles. The summed E-state index contributed by atoms with van der Waals surface area (Å²) >= 11 is 0. The first-order valence-corrected chi connectivity index (χ1v) is 14.8. The molecule has 0 radical (unpaired) electrons. The van der Waals surface area contributed by atoms with Gasteiger partial charge in [0.05, 0.1) is 0 Å². The molecule has 0 bridgehead atoms. The summed E-state index contributed by atoms with van der Waals surface area (Å²) in [5.74, 6) is 0. The summed E-state index contributed by atoms with van der Waals surface area (Å²) in [5.41, 5.74) is 12.7. The summed E-state index contributed by atoms with van der Waals surface area (Å²) in [5, 5.41) is 5.29. The monoisotopic (exact) mass is 650 g/mol. The number of halogens is 2. The average Bonchev–Trinajstić information content (AvgIpc) is 3.50. The minimum atomic E-state index is 0. The molecule has 0 atom stereocenters. The van der Waals surface area contributed by atoms with Gasteiger partial charge in [-0.15, -0.1) is 39.6 Å². The summed E-state index contributed by atoms with van der Waals surface area (Å²) in [6.07, 6.45) is 1.03. The van der Waals surface area contributed by atoms with Crippen molar-refractivity contribution in [1.29, 1.82) is 0 Å². The van der Waals surface area contributed by atoms with E-state index in [4.69, 9.17) is 0 Å². The summed E-state index contributed by atoms with van der Waals surface area (Å²) in [7, 11) is 0. The molecule has 3 heteroatoms. The largest absolute Gasteiger partial charge is 4.00 e. The van der Waals surface area contributed by atoms with E-state index >= 15 is 0 Å². The topological polar surface area (TPSA) is 0 Å². The van der Waals surface area contributed by atoms with Crippen LogP contribution in [0.25, 0.3) is 43.8 Å². The van der Waals surface area contributed by atoms with Crippen LogP contribution in [0.15, 0.2) is 103 Å². The van der Waals surface area contributed by atoms with Crippen LogP contribution in [0.1, 0.15) is 69.4 Å². The fraction of sp³-hybridized carbons (Fsp3) is 0.244. The first-order valence-electron chi connectivity index (χ1n) is 14.8. The number of benzene rings is 5. The van der Waals surface area contributed by atoms with Crippen molar-refractivity contribution in [2.45, 2.75) is 65.7 Å². The molecule has 0 aliphatic heterocycles. The van der Waals surface area contributed by atoms with E-state index < -0.39 is 0 Å². The van der Waals surface area contributed by atoms with Gasteiger partial charge in [-0.05, 0) is 33.6 Å². The third-order valence-corrected chi connectivity index (χ3v) is 8.44. The van der Waals surface area contributed by atoms with Crippen molar-refractivity contribution in [1.82, 2.24) is 0 Å². The molecule has 0 saturated heterocycles. The third kappa shape index (κ3) is 7.06. The molecule has 0 saturated carbocycles. The van der Waals surface area contributed by atoms with Gasteiger partial charge in [-0.1, -0.05) is 144 Å². The smallest absolute Gasteiger partial charge is 1.00 e. The van der Waals surface area contributed by atoms with Crippen LogP contribution < -0.4 is 24.8 Å². The molecule has 0 heterocycles. The second-order valence-electron chi connectivity index (χ2n) is 13.7. The molecule has 44 heavy (non-hydrogen) atoms. The Hall–Kier alpha value is -2.74. The van der Waals surface area contributed by atoms with Crippen LogP contribution >= 0.6 is 0 Å². The fourth-order valence-corrected chi connectivity index (χ4v) is 6.09. The Morgan fingerprint density at radius 2 is 1.27 bits per heavy atom. The molecule has 0 unspecified atom stereocenters. The van der Waals surface area contributed by atoms with Gasteiger partial charge in [0.1, 0.15) is 0 Å². The van der Waals surface area contributed by atoms with Crippen LogP contribution in [0.5, 0.6) is 0 Å². The molecule has 0 amide bonds. The second-order valence-corrected chi connectivity index (χ2v) is 13.7. The Kier molecular flexibility index (Phi) is 11.1. The number of fused-ring (bicyclic) bond motifs is 5. The molecule has 0 fully saturated rings. The maximum Gasteiger partial charge on any atom is 4.00 e. The standard InChI is InChI=1S/C21H25.C20H15.2ClH.Ti/c1-20(2,3)16-9-10-18-15(12-16)11-14-7-8-17(13-19(14)18)21(4,5)6;1-14-12-16-8-5-11-19(20(16)13-14)18-10-4-7-15-6-2-3-9-17(15)18;;;/h7-10,13H,11H2,1-6H3;2-13H,1H3;2*1H;/q2*-1;;;+4/p-2. The summed E-state index contributed by atoms with van der Waals surface area (Å²) in [6, 6.07) is 41.4. The van der Waals surface area contributed by atoms with E-state index in [-0.39, 0.29) is 57.4 Å². The van der Waals surface area contributed by atoms with E-state index in [1.807, 2.05) is 0 Å². The summed E-state index contributed by atoms with van der Waals surface area (Å²) in [4.78, 5) is 0. The molecule has 0 N–H and O–H groups in total. The van der Waals surface area contributed by atoms with Crippen molar-refractivity contribution in [2.24, 2.45) is 0 Å². The molecular formula is C41H40Cl2Ti. The molecule has 222 valence electrons. The van der Waals surface area contributed by atoms with Crippen LogP contribution in [-0.2, 0) is 39.0 Å². The number of aryl methyl sites for hydroxylation is 1.